The maximum Gasteiger partial charge on any atom is 0.416 e. The van der Waals surface area contributed by atoms with Crippen LogP contribution in [0, 0.1) is 10.1 Å². The minimum absolute atomic E-state index is 0.130. The van der Waals surface area contributed by atoms with Crippen molar-refractivity contribution < 1.29 is 18.1 Å². The second-order valence-electron chi connectivity index (χ2n) is 3.55. The molecule has 1 aromatic carbocycles. The van der Waals surface area contributed by atoms with Crippen molar-refractivity contribution in [2.45, 2.75) is 12.6 Å². The molecule has 0 spiro atoms. The molecule has 0 aromatic heterocycles. The third kappa shape index (κ3) is 3.85. The molecule has 7 heteroatoms. The van der Waals surface area contributed by atoms with E-state index in [4.69, 9.17) is 5.73 Å². The predicted molar refractivity (Wildman–Crippen MR) is 60.8 cm³/mol. The maximum atomic E-state index is 12.5. The van der Waals surface area contributed by atoms with Gasteiger partial charge in [0.15, 0.2) is 0 Å². The molecule has 4 nitrogen and oxygen atoms in total. The Kier molecular flexibility index (Phi) is 4.43. The summed E-state index contributed by atoms with van der Waals surface area (Å²) in [5.41, 5.74) is 3.74. The topological polar surface area (TPSA) is 69.2 Å². The molecule has 0 amide bonds. The van der Waals surface area contributed by atoms with Gasteiger partial charge in [0.25, 0.3) is 5.69 Å². The SMILES string of the molecule is NCCC=Cc1cc([N+](=O)[O-])cc(C(F)(F)F)c1. The molecule has 0 fully saturated rings. The molecule has 0 heterocycles. The lowest BCUT2D eigenvalue weighted by Crippen LogP contribution is -2.06. The molecule has 1 aromatic rings. The average Bonchev–Trinajstić information content (AvgIpc) is 2.28. The summed E-state index contributed by atoms with van der Waals surface area (Å²) in [4.78, 5) is 9.70. The van der Waals surface area contributed by atoms with Crippen LogP contribution in [0.25, 0.3) is 6.08 Å². The highest BCUT2D eigenvalue weighted by Crippen LogP contribution is 2.32. The van der Waals surface area contributed by atoms with E-state index in [1.807, 2.05) is 0 Å². The Balaban J connectivity index is 3.18. The van der Waals surface area contributed by atoms with Gasteiger partial charge in [-0.3, -0.25) is 10.1 Å². The van der Waals surface area contributed by atoms with Crippen LogP contribution in [-0.2, 0) is 6.18 Å². The normalized spacial score (nSPS) is 12.0. The second kappa shape index (κ2) is 5.63. The molecule has 0 bridgehead atoms. The molecular formula is C11H11F3N2O2. The van der Waals surface area contributed by atoms with Crippen molar-refractivity contribution >= 4 is 11.8 Å². The molecule has 0 aliphatic heterocycles. The quantitative estimate of drug-likeness (QED) is 0.668. The molecule has 0 aliphatic rings. The third-order valence-corrected chi connectivity index (χ3v) is 2.12. The van der Waals surface area contributed by atoms with Gasteiger partial charge in [0, 0.05) is 12.1 Å². The summed E-state index contributed by atoms with van der Waals surface area (Å²) in [6.45, 7) is 0.359. The minimum Gasteiger partial charge on any atom is -0.330 e. The number of rotatable bonds is 4. The molecule has 0 unspecified atom stereocenters. The number of benzene rings is 1. The van der Waals surface area contributed by atoms with E-state index in [-0.39, 0.29) is 5.56 Å². The van der Waals surface area contributed by atoms with E-state index in [2.05, 4.69) is 0 Å². The van der Waals surface area contributed by atoms with Crippen LogP contribution < -0.4 is 5.73 Å². The summed E-state index contributed by atoms with van der Waals surface area (Å²) < 4.78 is 37.6. The second-order valence-corrected chi connectivity index (χ2v) is 3.55. The van der Waals surface area contributed by atoms with Crippen LogP contribution in [0.15, 0.2) is 24.3 Å². The van der Waals surface area contributed by atoms with Gasteiger partial charge in [-0.15, -0.1) is 0 Å². The highest BCUT2D eigenvalue weighted by molar-refractivity contribution is 5.55. The number of hydrogen-bond acceptors (Lipinski definition) is 3. The lowest BCUT2D eigenvalue weighted by molar-refractivity contribution is -0.385. The fourth-order valence-electron chi connectivity index (χ4n) is 1.32. The Morgan fingerprint density at radius 1 is 1.33 bits per heavy atom. The summed E-state index contributed by atoms with van der Waals surface area (Å²) in [6.07, 6.45) is -1.17. The first-order chi connectivity index (χ1) is 8.34. The van der Waals surface area contributed by atoms with Gasteiger partial charge in [-0.25, -0.2) is 0 Å². The Morgan fingerprint density at radius 2 is 2.00 bits per heavy atom. The van der Waals surface area contributed by atoms with Crippen molar-refractivity contribution in [3.05, 3.63) is 45.5 Å². The number of nitrogens with two attached hydrogens (primary N) is 1. The Morgan fingerprint density at radius 3 is 2.50 bits per heavy atom. The van der Waals surface area contributed by atoms with Crippen LogP contribution in [0.4, 0.5) is 18.9 Å². The Bertz CT molecular complexity index is 470. The van der Waals surface area contributed by atoms with Gasteiger partial charge in [0.1, 0.15) is 0 Å². The molecule has 0 atom stereocenters. The smallest absolute Gasteiger partial charge is 0.330 e. The van der Waals surface area contributed by atoms with E-state index >= 15 is 0 Å². The number of hydrogen-bond donors (Lipinski definition) is 1. The van der Waals surface area contributed by atoms with E-state index in [0.29, 0.717) is 19.0 Å². The average molecular weight is 260 g/mol. The van der Waals surface area contributed by atoms with E-state index < -0.39 is 22.4 Å². The van der Waals surface area contributed by atoms with E-state index in [0.717, 1.165) is 12.1 Å². The lowest BCUT2D eigenvalue weighted by atomic mass is 10.1. The van der Waals surface area contributed by atoms with Crippen molar-refractivity contribution in [1.29, 1.82) is 0 Å². The number of nitro groups is 1. The molecule has 0 saturated heterocycles. The van der Waals surface area contributed by atoms with E-state index in [1.165, 1.54) is 6.08 Å². The summed E-state index contributed by atoms with van der Waals surface area (Å²) >= 11 is 0. The van der Waals surface area contributed by atoms with Crippen molar-refractivity contribution in [2.75, 3.05) is 6.54 Å². The first-order valence-electron chi connectivity index (χ1n) is 5.08. The molecule has 0 aliphatic carbocycles. The van der Waals surface area contributed by atoms with Gasteiger partial charge in [-0.2, -0.15) is 13.2 Å². The van der Waals surface area contributed by atoms with E-state index in [1.54, 1.807) is 6.08 Å². The zero-order valence-electron chi connectivity index (χ0n) is 9.28. The summed E-state index contributed by atoms with van der Waals surface area (Å²) in [5.74, 6) is 0. The van der Waals surface area contributed by atoms with Crippen LogP contribution in [0.3, 0.4) is 0 Å². The Hall–Kier alpha value is -1.89. The predicted octanol–water partition coefficient (Wildman–Crippen LogP) is 2.98. The molecule has 98 valence electrons. The molecule has 2 N–H and O–H groups in total. The van der Waals surface area contributed by atoms with Crippen molar-refractivity contribution in [2.24, 2.45) is 5.73 Å². The highest BCUT2D eigenvalue weighted by atomic mass is 19.4. The first kappa shape index (κ1) is 14.2. The summed E-state index contributed by atoms with van der Waals surface area (Å²) in [6, 6.07) is 2.46. The minimum atomic E-state index is -4.61. The van der Waals surface area contributed by atoms with Crippen molar-refractivity contribution in [3.63, 3.8) is 0 Å². The highest BCUT2D eigenvalue weighted by Gasteiger charge is 2.32. The fourth-order valence-corrected chi connectivity index (χ4v) is 1.32. The standard InChI is InChI=1S/C11H11F3N2O2/c12-11(13,14)9-5-8(3-1-2-4-15)6-10(7-9)16(17)18/h1,3,5-7H,2,4,15H2. The molecule has 0 saturated carbocycles. The van der Waals surface area contributed by atoms with Crippen molar-refractivity contribution in [3.8, 4) is 0 Å². The summed E-state index contributed by atoms with van der Waals surface area (Å²) in [7, 11) is 0. The number of nitrogens with zero attached hydrogens (tertiary/aromatic N) is 1. The molecule has 0 radical (unpaired) electrons. The van der Waals surface area contributed by atoms with Crippen LogP contribution in [-0.4, -0.2) is 11.5 Å². The largest absolute Gasteiger partial charge is 0.416 e. The molecule has 18 heavy (non-hydrogen) atoms. The van der Waals surface area contributed by atoms with Gasteiger partial charge in [0.05, 0.1) is 10.5 Å². The number of nitro benzene ring substituents is 1. The van der Waals surface area contributed by atoms with Gasteiger partial charge in [0.2, 0.25) is 0 Å². The first-order valence-corrected chi connectivity index (χ1v) is 5.08. The van der Waals surface area contributed by atoms with Gasteiger partial charge < -0.3 is 5.73 Å². The fraction of sp³-hybridized carbons (Fsp3) is 0.273. The van der Waals surface area contributed by atoms with Gasteiger partial charge in [-0.05, 0) is 24.6 Å². The zero-order chi connectivity index (χ0) is 13.8. The van der Waals surface area contributed by atoms with Gasteiger partial charge >= 0.3 is 6.18 Å². The number of alkyl halides is 3. The van der Waals surface area contributed by atoms with Crippen LogP contribution >= 0.6 is 0 Å². The summed E-state index contributed by atoms with van der Waals surface area (Å²) in [5, 5.41) is 10.6. The molecule has 1 rings (SSSR count). The van der Waals surface area contributed by atoms with Gasteiger partial charge in [-0.1, -0.05) is 12.2 Å². The maximum absolute atomic E-state index is 12.5. The van der Waals surface area contributed by atoms with Crippen LogP contribution in [0.5, 0.6) is 0 Å². The number of halogens is 3. The number of non-ortho nitro benzene ring substituents is 1. The monoisotopic (exact) mass is 260 g/mol. The van der Waals surface area contributed by atoms with E-state index in [9.17, 15) is 23.3 Å². The zero-order valence-corrected chi connectivity index (χ0v) is 9.28. The van der Waals surface area contributed by atoms with Crippen LogP contribution in [0.1, 0.15) is 17.5 Å². The van der Waals surface area contributed by atoms with Crippen LogP contribution in [0.2, 0.25) is 0 Å². The third-order valence-electron chi connectivity index (χ3n) is 2.12. The molecular weight excluding hydrogens is 249 g/mol. The lowest BCUT2D eigenvalue weighted by Gasteiger charge is -2.07. The Labute approximate surface area is 101 Å². The van der Waals surface area contributed by atoms with Crippen molar-refractivity contribution in [1.82, 2.24) is 0 Å².